The van der Waals surface area contributed by atoms with Gasteiger partial charge in [0.05, 0.1) is 13.2 Å². The summed E-state index contributed by atoms with van der Waals surface area (Å²) in [6.45, 7) is 9.08. The molecule has 0 amide bonds. The second-order valence-corrected chi connectivity index (χ2v) is 3.32. The van der Waals surface area contributed by atoms with Crippen LogP contribution in [0.1, 0.15) is 5.56 Å². The van der Waals surface area contributed by atoms with Crippen LogP contribution in [0.4, 0.5) is 5.69 Å². The predicted molar refractivity (Wildman–Crippen MR) is 58.2 cm³/mol. The lowest BCUT2D eigenvalue weighted by Crippen LogP contribution is -2.36. The van der Waals surface area contributed by atoms with Crippen LogP contribution in [0.3, 0.4) is 0 Å². The standard InChI is InChI=1S/C12H14NO/c1-2-11-5-3-4-6-12(11)13-7-9-14-10-8-13/h1-6H,7-10H2. The summed E-state index contributed by atoms with van der Waals surface area (Å²) in [4.78, 5) is 2.31. The zero-order chi connectivity index (χ0) is 9.80. The Balaban J connectivity index is 2.24. The highest BCUT2D eigenvalue weighted by atomic mass is 16.5. The Morgan fingerprint density at radius 3 is 2.64 bits per heavy atom. The maximum atomic E-state index is 5.57. The van der Waals surface area contributed by atoms with E-state index in [1.54, 1.807) is 6.08 Å². The highest BCUT2D eigenvalue weighted by Crippen LogP contribution is 2.21. The number of hydrogen-bond acceptors (Lipinski definition) is 2. The molecule has 1 aliphatic rings. The molecule has 0 aromatic heterocycles. The Labute approximate surface area is 84.8 Å². The first kappa shape index (κ1) is 9.28. The van der Waals surface area contributed by atoms with Crippen molar-refractivity contribution in [1.82, 2.24) is 0 Å². The fourth-order valence-corrected chi connectivity index (χ4v) is 1.72. The summed E-state index contributed by atoms with van der Waals surface area (Å²) in [5, 5.41) is 0. The van der Waals surface area contributed by atoms with Gasteiger partial charge in [0, 0.05) is 18.8 Å². The van der Waals surface area contributed by atoms with Crippen molar-refractivity contribution in [2.75, 3.05) is 31.2 Å². The molecule has 0 atom stereocenters. The molecule has 0 spiro atoms. The van der Waals surface area contributed by atoms with Gasteiger partial charge in [-0.3, -0.25) is 0 Å². The van der Waals surface area contributed by atoms with Crippen molar-refractivity contribution in [2.45, 2.75) is 0 Å². The molecular formula is C12H14NO. The number of ether oxygens (including phenoxy) is 1. The normalized spacial score (nSPS) is 16.7. The number of hydrogen-bond donors (Lipinski definition) is 0. The van der Waals surface area contributed by atoms with Gasteiger partial charge in [0.1, 0.15) is 0 Å². The summed E-state index contributed by atoms with van der Waals surface area (Å²) in [6.07, 6.45) is 1.66. The summed E-state index contributed by atoms with van der Waals surface area (Å²) in [7, 11) is 0. The lowest BCUT2D eigenvalue weighted by atomic mass is 10.1. The van der Waals surface area contributed by atoms with Crippen LogP contribution in [-0.4, -0.2) is 26.3 Å². The monoisotopic (exact) mass is 188 g/mol. The molecule has 2 nitrogen and oxygen atoms in total. The van der Waals surface area contributed by atoms with E-state index in [9.17, 15) is 0 Å². The van der Waals surface area contributed by atoms with Gasteiger partial charge in [-0.25, -0.2) is 0 Å². The Morgan fingerprint density at radius 2 is 1.93 bits per heavy atom. The predicted octanol–water partition coefficient (Wildman–Crippen LogP) is 1.97. The van der Waals surface area contributed by atoms with Crippen molar-refractivity contribution in [1.29, 1.82) is 0 Å². The molecule has 1 aromatic rings. The Kier molecular flexibility index (Phi) is 2.84. The van der Waals surface area contributed by atoms with Crippen molar-refractivity contribution < 1.29 is 4.74 Å². The van der Waals surface area contributed by atoms with Gasteiger partial charge in [0.2, 0.25) is 0 Å². The van der Waals surface area contributed by atoms with Gasteiger partial charge in [-0.05, 0) is 11.6 Å². The Bertz CT molecular complexity index is 316. The molecule has 2 heteroatoms. The minimum absolute atomic E-state index is 0.804. The average Bonchev–Trinajstić information content (AvgIpc) is 2.30. The van der Waals surface area contributed by atoms with E-state index in [-0.39, 0.29) is 0 Å². The number of rotatable bonds is 2. The summed E-state index contributed by atoms with van der Waals surface area (Å²) in [5.74, 6) is 0. The SMILES string of the molecule is [CH]=Cc1ccccc1N1CCOCC1. The molecular weight excluding hydrogens is 174 g/mol. The molecule has 0 aliphatic carbocycles. The largest absolute Gasteiger partial charge is 0.378 e. The third-order valence-electron chi connectivity index (χ3n) is 2.47. The smallest absolute Gasteiger partial charge is 0.0642 e. The van der Waals surface area contributed by atoms with Crippen LogP contribution < -0.4 is 4.90 Å². The first-order chi connectivity index (χ1) is 6.92. The third-order valence-corrected chi connectivity index (χ3v) is 2.47. The van der Waals surface area contributed by atoms with Crippen LogP contribution in [0, 0.1) is 6.58 Å². The summed E-state index contributed by atoms with van der Waals surface area (Å²) >= 11 is 0. The Hall–Kier alpha value is -1.28. The number of anilines is 1. The fourth-order valence-electron chi connectivity index (χ4n) is 1.72. The fraction of sp³-hybridized carbons (Fsp3) is 0.333. The van der Waals surface area contributed by atoms with Crippen molar-refractivity contribution in [3.05, 3.63) is 36.4 Å². The van der Waals surface area contributed by atoms with E-state index in [4.69, 9.17) is 11.3 Å². The minimum atomic E-state index is 0.804. The van der Waals surface area contributed by atoms with E-state index < -0.39 is 0 Å². The molecule has 0 N–H and O–H groups in total. The first-order valence-electron chi connectivity index (χ1n) is 4.88. The van der Waals surface area contributed by atoms with Gasteiger partial charge < -0.3 is 9.64 Å². The molecule has 1 fully saturated rings. The molecule has 1 aliphatic heterocycles. The van der Waals surface area contributed by atoms with Crippen LogP contribution in [0.5, 0.6) is 0 Å². The van der Waals surface area contributed by atoms with Gasteiger partial charge in [0.15, 0.2) is 0 Å². The molecule has 14 heavy (non-hydrogen) atoms. The van der Waals surface area contributed by atoms with E-state index in [0.29, 0.717) is 0 Å². The minimum Gasteiger partial charge on any atom is -0.378 e. The van der Waals surface area contributed by atoms with Crippen LogP contribution in [0.15, 0.2) is 24.3 Å². The second kappa shape index (κ2) is 4.29. The number of benzene rings is 1. The first-order valence-corrected chi connectivity index (χ1v) is 4.88. The highest BCUT2D eigenvalue weighted by molar-refractivity contribution is 5.66. The van der Waals surface area contributed by atoms with E-state index in [1.807, 2.05) is 18.2 Å². The number of para-hydroxylation sites is 1. The third kappa shape index (κ3) is 1.80. The summed E-state index contributed by atoms with van der Waals surface area (Å²) in [5.41, 5.74) is 2.30. The maximum absolute atomic E-state index is 5.57. The summed E-state index contributed by atoms with van der Waals surface area (Å²) in [6, 6.07) is 8.18. The maximum Gasteiger partial charge on any atom is 0.0642 e. The van der Waals surface area contributed by atoms with E-state index in [2.05, 4.69) is 11.0 Å². The Morgan fingerprint density at radius 1 is 1.21 bits per heavy atom. The van der Waals surface area contributed by atoms with Gasteiger partial charge >= 0.3 is 0 Å². The highest BCUT2D eigenvalue weighted by Gasteiger charge is 2.12. The van der Waals surface area contributed by atoms with Crippen molar-refractivity contribution in [3.8, 4) is 0 Å². The lowest BCUT2D eigenvalue weighted by molar-refractivity contribution is 0.122. The zero-order valence-electron chi connectivity index (χ0n) is 8.15. The molecule has 1 heterocycles. The van der Waals surface area contributed by atoms with Crippen molar-refractivity contribution in [3.63, 3.8) is 0 Å². The summed E-state index contributed by atoms with van der Waals surface area (Å²) < 4.78 is 5.31. The molecule has 73 valence electrons. The zero-order valence-corrected chi connectivity index (χ0v) is 8.15. The van der Waals surface area contributed by atoms with Crippen molar-refractivity contribution >= 4 is 11.8 Å². The van der Waals surface area contributed by atoms with Gasteiger partial charge in [-0.15, -0.1) is 0 Å². The van der Waals surface area contributed by atoms with Crippen LogP contribution in [0.2, 0.25) is 0 Å². The average molecular weight is 188 g/mol. The molecule has 0 unspecified atom stereocenters. The molecule has 0 saturated carbocycles. The van der Waals surface area contributed by atoms with Gasteiger partial charge in [-0.1, -0.05) is 30.9 Å². The molecule has 1 radical (unpaired) electrons. The van der Waals surface area contributed by atoms with E-state index >= 15 is 0 Å². The second-order valence-electron chi connectivity index (χ2n) is 3.32. The van der Waals surface area contributed by atoms with Gasteiger partial charge in [-0.2, -0.15) is 0 Å². The number of nitrogens with zero attached hydrogens (tertiary/aromatic N) is 1. The molecule has 0 bridgehead atoms. The lowest BCUT2D eigenvalue weighted by Gasteiger charge is -2.30. The van der Waals surface area contributed by atoms with E-state index in [0.717, 1.165) is 31.9 Å². The topological polar surface area (TPSA) is 12.5 Å². The van der Waals surface area contributed by atoms with Crippen LogP contribution in [-0.2, 0) is 4.74 Å². The van der Waals surface area contributed by atoms with E-state index in [1.165, 1.54) is 5.69 Å². The quantitative estimate of drug-likeness (QED) is 0.703. The molecule has 2 rings (SSSR count). The van der Waals surface area contributed by atoms with Gasteiger partial charge in [0.25, 0.3) is 0 Å². The molecule has 1 saturated heterocycles. The molecule has 1 aromatic carbocycles. The van der Waals surface area contributed by atoms with Crippen LogP contribution in [0.25, 0.3) is 6.08 Å². The van der Waals surface area contributed by atoms with Crippen molar-refractivity contribution in [2.24, 2.45) is 0 Å². The number of morpholine rings is 1. The van der Waals surface area contributed by atoms with Crippen LogP contribution >= 0.6 is 0 Å².